The molecule has 0 aliphatic rings. The van der Waals surface area contributed by atoms with E-state index in [9.17, 15) is 4.79 Å². The van der Waals surface area contributed by atoms with Crippen molar-refractivity contribution >= 4 is 17.5 Å². The number of hydrogen-bond donors (Lipinski definition) is 1. The maximum Gasteiger partial charge on any atom is 0.291 e. The van der Waals surface area contributed by atoms with Gasteiger partial charge in [0.1, 0.15) is 18.5 Å². The van der Waals surface area contributed by atoms with Crippen molar-refractivity contribution in [3.63, 3.8) is 0 Å². The van der Waals surface area contributed by atoms with Crippen LogP contribution in [0.1, 0.15) is 22.0 Å². The van der Waals surface area contributed by atoms with Crippen molar-refractivity contribution in [1.29, 1.82) is 0 Å². The van der Waals surface area contributed by atoms with E-state index in [0.717, 1.165) is 16.9 Å². The zero-order valence-corrected chi connectivity index (χ0v) is 15.7. The van der Waals surface area contributed by atoms with Gasteiger partial charge in [-0.25, -0.2) is 19.3 Å². The highest BCUT2D eigenvalue weighted by Crippen LogP contribution is 2.14. The molecule has 2 aromatic heterocycles. The van der Waals surface area contributed by atoms with Gasteiger partial charge in [-0.3, -0.25) is 4.79 Å². The average Bonchev–Trinajstić information content (AvgIpc) is 3.37. The van der Waals surface area contributed by atoms with Crippen molar-refractivity contribution in [1.82, 2.24) is 34.8 Å². The Bertz CT molecular complexity index is 1090. The Labute approximate surface area is 165 Å². The van der Waals surface area contributed by atoms with Crippen molar-refractivity contribution in [3.8, 4) is 11.4 Å². The molecule has 1 amide bonds. The molecule has 28 heavy (non-hydrogen) atoms. The number of hydrogen-bond acceptors (Lipinski definition) is 5. The molecule has 8 nitrogen and oxygen atoms in total. The molecule has 2 aromatic carbocycles. The van der Waals surface area contributed by atoms with Crippen LogP contribution in [0, 0.1) is 6.92 Å². The Balaban J connectivity index is 1.43. The lowest BCUT2D eigenvalue weighted by Gasteiger charge is -2.05. The number of amides is 1. The average molecular weight is 394 g/mol. The van der Waals surface area contributed by atoms with Crippen LogP contribution >= 0.6 is 11.6 Å². The second kappa shape index (κ2) is 7.61. The number of rotatable bonds is 5. The van der Waals surface area contributed by atoms with Gasteiger partial charge in [-0.2, -0.15) is 5.10 Å². The summed E-state index contributed by atoms with van der Waals surface area (Å²) >= 11 is 5.92. The van der Waals surface area contributed by atoms with Crippen molar-refractivity contribution < 1.29 is 4.79 Å². The lowest BCUT2D eigenvalue weighted by Crippen LogP contribution is -2.24. The summed E-state index contributed by atoms with van der Waals surface area (Å²) < 4.78 is 3.27. The molecule has 0 saturated heterocycles. The molecular weight excluding hydrogens is 378 g/mol. The van der Waals surface area contributed by atoms with Gasteiger partial charge in [-0.05, 0) is 48.9 Å². The standard InChI is InChI=1S/C19H16ClN7O/c1-13-24-18(25-27(13)17-8-4-15(20)5-9-17)19(28)22-10-14-2-6-16(7-3-14)26-12-21-11-23-26/h2-9,11-12H,10H2,1H3,(H,22,28). The summed E-state index contributed by atoms with van der Waals surface area (Å²) in [5.41, 5.74) is 2.63. The normalized spacial score (nSPS) is 10.8. The van der Waals surface area contributed by atoms with Crippen LogP contribution in [0.3, 0.4) is 0 Å². The smallest absolute Gasteiger partial charge is 0.291 e. The molecule has 4 aromatic rings. The summed E-state index contributed by atoms with van der Waals surface area (Å²) in [5.74, 6) is 0.396. The minimum atomic E-state index is -0.337. The molecule has 9 heteroatoms. The first-order valence-corrected chi connectivity index (χ1v) is 8.90. The Kier molecular flexibility index (Phi) is 4.86. The monoisotopic (exact) mass is 393 g/mol. The van der Waals surface area contributed by atoms with Crippen LogP contribution in [0.4, 0.5) is 0 Å². The van der Waals surface area contributed by atoms with Gasteiger partial charge in [0.15, 0.2) is 0 Å². The van der Waals surface area contributed by atoms with Gasteiger partial charge in [0, 0.05) is 11.6 Å². The highest BCUT2D eigenvalue weighted by molar-refractivity contribution is 6.30. The van der Waals surface area contributed by atoms with Crippen LogP contribution in [-0.2, 0) is 6.54 Å². The Hall–Kier alpha value is -3.52. The number of nitrogens with one attached hydrogen (secondary N) is 1. The van der Waals surface area contributed by atoms with Gasteiger partial charge < -0.3 is 5.32 Å². The van der Waals surface area contributed by atoms with E-state index in [2.05, 4.69) is 25.5 Å². The van der Waals surface area contributed by atoms with Gasteiger partial charge in [0.05, 0.1) is 11.4 Å². The summed E-state index contributed by atoms with van der Waals surface area (Å²) in [6.07, 6.45) is 3.11. The quantitative estimate of drug-likeness (QED) is 0.563. The van der Waals surface area contributed by atoms with Gasteiger partial charge in [-0.1, -0.05) is 23.7 Å². The number of aromatic nitrogens is 6. The van der Waals surface area contributed by atoms with Crippen molar-refractivity contribution in [2.45, 2.75) is 13.5 Å². The molecule has 0 aliphatic heterocycles. The van der Waals surface area contributed by atoms with Crippen molar-refractivity contribution in [2.24, 2.45) is 0 Å². The number of carbonyl (C=O) groups is 1. The fourth-order valence-electron chi connectivity index (χ4n) is 2.68. The third kappa shape index (κ3) is 3.77. The van der Waals surface area contributed by atoms with Gasteiger partial charge in [0.25, 0.3) is 5.91 Å². The highest BCUT2D eigenvalue weighted by Gasteiger charge is 2.15. The number of benzene rings is 2. The Morgan fingerprint density at radius 1 is 1.07 bits per heavy atom. The molecule has 0 spiro atoms. The summed E-state index contributed by atoms with van der Waals surface area (Å²) in [7, 11) is 0. The Morgan fingerprint density at radius 3 is 2.46 bits per heavy atom. The first-order chi connectivity index (χ1) is 13.6. The van der Waals surface area contributed by atoms with E-state index in [0.29, 0.717) is 17.4 Å². The molecule has 1 N–H and O–H groups in total. The fraction of sp³-hybridized carbons (Fsp3) is 0.105. The largest absolute Gasteiger partial charge is 0.345 e. The summed E-state index contributed by atoms with van der Waals surface area (Å²) in [4.78, 5) is 20.6. The first-order valence-electron chi connectivity index (χ1n) is 8.52. The number of aryl methyl sites for hydroxylation is 1. The molecular formula is C19H16ClN7O. The SMILES string of the molecule is Cc1nc(C(=O)NCc2ccc(-n3cncn3)cc2)nn1-c1ccc(Cl)cc1. The molecule has 0 saturated carbocycles. The van der Waals surface area contributed by atoms with Crippen LogP contribution in [0.25, 0.3) is 11.4 Å². The van der Waals surface area contributed by atoms with Crippen LogP contribution in [0.2, 0.25) is 5.02 Å². The third-order valence-corrected chi connectivity index (χ3v) is 4.37. The van der Waals surface area contributed by atoms with Crippen molar-refractivity contribution in [2.75, 3.05) is 0 Å². The van der Waals surface area contributed by atoms with Gasteiger partial charge >= 0.3 is 0 Å². The van der Waals surface area contributed by atoms with E-state index >= 15 is 0 Å². The van der Waals surface area contributed by atoms with E-state index in [1.807, 2.05) is 36.4 Å². The lowest BCUT2D eigenvalue weighted by molar-refractivity contribution is 0.0940. The van der Waals surface area contributed by atoms with Crippen LogP contribution in [-0.4, -0.2) is 35.4 Å². The molecule has 0 radical (unpaired) electrons. The number of carbonyl (C=O) groups excluding carboxylic acids is 1. The second-order valence-corrected chi connectivity index (χ2v) is 6.50. The number of halogens is 1. The molecule has 140 valence electrons. The highest BCUT2D eigenvalue weighted by atomic mass is 35.5. The molecule has 0 unspecified atom stereocenters. The molecule has 4 rings (SSSR count). The molecule has 0 aliphatic carbocycles. The predicted molar refractivity (Wildman–Crippen MR) is 104 cm³/mol. The minimum Gasteiger partial charge on any atom is -0.345 e. The van der Waals surface area contributed by atoms with E-state index in [4.69, 9.17) is 11.6 Å². The van der Waals surface area contributed by atoms with E-state index < -0.39 is 0 Å². The van der Waals surface area contributed by atoms with E-state index in [1.165, 1.54) is 6.33 Å². The number of nitrogens with zero attached hydrogens (tertiary/aromatic N) is 6. The fourth-order valence-corrected chi connectivity index (χ4v) is 2.81. The second-order valence-electron chi connectivity index (χ2n) is 6.06. The van der Waals surface area contributed by atoms with Crippen molar-refractivity contribution in [3.05, 3.63) is 83.4 Å². The molecule has 0 atom stereocenters. The topological polar surface area (TPSA) is 90.5 Å². The van der Waals surface area contributed by atoms with Crippen LogP contribution < -0.4 is 5.32 Å². The lowest BCUT2D eigenvalue weighted by atomic mass is 10.2. The van der Waals surface area contributed by atoms with Crippen LogP contribution in [0.15, 0.2) is 61.2 Å². The first kappa shape index (κ1) is 17.9. The van der Waals surface area contributed by atoms with Gasteiger partial charge in [0.2, 0.25) is 5.82 Å². The Morgan fingerprint density at radius 2 is 1.79 bits per heavy atom. The van der Waals surface area contributed by atoms with Gasteiger partial charge in [-0.15, -0.1) is 5.10 Å². The zero-order valence-electron chi connectivity index (χ0n) is 15.0. The maximum atomic E-state index is 12.4. The molecule has 0 bridgehead atoms. The van der Waals surface area contributed by atoms with E-state index in [1.54, 1.807) is 34.7 Å². The zero-order chi connectivity index (χ0) is 19.5. The molecule has 2 heterocycles. The summed E-state index contributed by atoms with van der Waals surface area (Å²) in [5, 5.41) is 11.9. The summed E-state index contributed by atoms with van der Waals surface area (Å²) in [6.45, 7) is 2.16. The minimum absolute atomic E-state index is 0.117. The summed E-state index contributed by atoms with van der Waals surface area (Å²) in [6, 6.07) is 14.8. The predicted octanol–water partition coefficient (Wildman–Crippen LogP) is 2.74. The van der Waals surface area contributed by atoms with E-state index in [-0.39, 0.29) is 11.7 Å². The third-order valence-electron chi connectivity index (χ3n) is 4.12. The molecule has 0 fully saturated rings. The van der Waals surface area contributed by atoms with Crippen LogP contribution in [0.5, 0.6) is 0 Å². The maximum absolute atomic E-state index is 12.4.